The Kier molecular flexibility index (Phi) is 4.32. The molecule has 0 aliphatic heterocycles. The fourth-order valence-electron chi connectivity index (χ4n) is 2.27. The number of rotatable bonds is 3. The van der Waals surface area contributed by atoms with Crippen LogP contribution in [0.2, 0.25) is 10.0 Å². The van der Waals surface area contributed by atoms with Crippen LogP contribution >= 0.6 is 34.5 Å². The molecule has 0 unspecified atom stereocenters. The highest BCUT2D eigenvalue weighted by molar-refractivity contribution is 7.21. The van der Waals surface area contributed by atoms with Gasteiger partial charge < -0.3 is 5.73 Å². The molecule has 0 aliphatic rings. The molecule has 0 saturated carbocycles. The number of ketones is 1. The first-order valence-electron chi connectivity index (χ1n) is 7.07. The quantitative estimate of drug-likeness (QED) is 0.620. The third-order valence-electron chi connectivity index (χ3n) is 3.59. The number of pyridine rings is 1. The van der Waals surface area contributed by atoms with Crippen molar-refractivity contribution in [2.24, 2.45) is 0 Å². The molecule has 23 heavy (non-hydrogen) atoms. The molecule has 0 aliphatic carbocycles. The van der Waals surface area contributed by atoms with Crippen molar-refractivity contribution in [3.05, 3.63) is 56.5 Å². The van der Waals surface area contributed by atoms with E-state index < -0.39 is 0 Å². The molecule has 0 spiro atoms. The van der Waals surface area contributed by atoms with Crippen LogP contribution in [0.15, 0.2) is 30.3 Å². The smallest absolute Gasteiger partial charge is 0.205 e. The van der Waals surface area contributed by atoms with Crippen LogP contribution in [0.5, 0.6) is 0 Å². The number of anilines is 1. The van der Waals surface area contributed by atoms with Gasteiger partial charge in [-0.05, 0) is 36.2 Å². The second kappa shape index (κ2) is 6.11. The summed E-state index contributed by atoms with van der Waals surface area (Å²) in [4.78, 5) is 18.6. The fraction of sp³-hybridized carbons (Fsp3) is 0.176. The lowest BCUT2D eigenvalue weighted by molar-refractivity contribution is 0.104. The summed E-state index contributed by atoms with van der Waals surface area (Å²) in [5, 5.41) is 1.57. The predicted octanol–water partition coefficient (Wildman–Crippen LogP) is 5.54. The average molecular weight is 365 g/mol. The highest BCUT2D eigenvalue weighted by atomic mass is 35.5. The maximum atomic E-state index is 12.7. The van der Waals surface area contributed by atoms with Crippen LogP contribution in [0.4, 0.5) is 5.69 Å². The second-order valence-corrected chi connectivity index (χ2v) is 7.36. The molecule has 3 nitrogen and oxygen atoms in total. The molecule has 0 amide bonds. The minimum atomic E-state index is -0.171. The van der Waals surface area contributed by atoms with Crippen LogP contribution in [0.25, 0.3) is 10.2 Å². The largest absolute Gasteiger partial charge is 0.397 e. The van der Waals surface area contributed by atoms with E-state index in [0.29, 0.717) is 32.1 Å². The van der Waals surface area contributed by atoms with Gasteiger partial charge in [-0.2, -0.15) is 0 Å². The number of halogens is 2. The van der Waals surface area contributed by atoms with Crippen LogP contribution in [-0.2, 0) is 0 Å². The van der Waals surface area contributed by atoms with E-state index in [2.05, 4.69) is 18.8 Å². The monoisotopic (exact) mass is 364 g/mol. The van der Waals surface area contributed by atoms with Crippen molar-refractivity contribution in [2.75, 3.05) is 5.73 Å². The third-order valence-corrected chi connectivity index (χ3v) is 5.45. The van der Waals surface area contributed by atoms with Gasteiger partial charge in [-0.25, -0.2) is 4.98 Å². The lowest BCUT2D eigenvalue weighted by atomic mass is 10.1. The van der Waals surface area contributed by atoms with Crippen molar-refractivity contribution < 1.29 is 4.79 Å². The van der Waals surface area contributed by atoms with Gasteiger partial charge in [-0.3, -0.25) is 4.79 Å². The van der Waals surface area contributed by atoms with E-state index >= 15 is 0 Å². The summed E-state index contributed by atoms with van der Waals surface area (Å²) in [7, 11) is 0. The molecule has 0 bridgehead atoms. The maximum absolute atomic E-state index is 12.7. The standard InChI is InChI=1S/C17H14Cl2N2OS/c1-8(2)13-6-4-10-14(20)16(23-17(10)21-13)15(22)9-3-5-11(18)12(19)7-9/h3-8H,20H2,1-2H3. The summed E-state index contributed by atoms with van der Waals surface area (Å²) < 4.78 is 0. The molecule has 1 aromatic carbocycles. The van der Waals surface area contributed by atoms with Crippen LogP contribution in [-0.4, -0.2) is 10.8 Å². The van der Waals surface area contributed by atoms with Gasteiger partial charge in [-0.1, -0.05) is 37.0 Å². The Balaban J connectivity index is 2.10. The average Bonchev–Trinajstić information content (AvgIpc) is 2.85. The summed E-state index contributed by atoms with van der Waals surface area (Å²) in [6.45, 7) is 4.15. The summed E-state index contributed by atoms with van der Waals surface area (Å²) in [5.41, 5.74) is 8.06. The Morgan fingerprint density at radius 2 is 1.91 bits per heavy atom. The van der Waals surface area contributed by atoms with Gasteiger partial charge >= 0.3 is 0 Å². The van der Waals surface area contributed by atoms with Crippen LogP contribution < -0.4 is 5.73 Å². The van der Waals surface area contributed by atoms with E-state index in [1.54, 1.807) is 18.2 Å². The number of nitrogens with zero attached hydrogens (tertiary/aromatic N) is 1. The molecule has 118 valence electrons. The number of carbonyl (C=O) groups excluding carboxylic acids is 1. The Hall–Kier alpha value is -1.62. The number of hydrogen-bond acceptors (Lipinski definition) is 4. The van der Waals surface area contributed by atoms with Gasteiger partial charge in [0.2, 0.25) is 5.78 Å². The van der Waals surface area contributed by atoms with Gasteiger partial charge in [0.25, 0.3) is 0 Å². The lowest BCUT2D eigenvalue weighted by Gasteiger charge is -2.03. The van der Waals surface area contributed by atoms with Crippen LogP contribution in [0, 0.1) is 0 Å². The fourth-order valence-corrected chi connectivity index (χ4v) is 3.63. The minimum absolute atomic E-state index is 0.171. The Morgan fingerprint density at radius 3 is 2.57 bits per heavy atom. The molecule has 3 aromatic rings. The van der Waals surface area contributed by atoms with E-state index in [4.69, 9.17) is 28.9 Å². The first-order chi connectivity index (χ1) is 10.9. The Labute approximate surface area is 148 Å². The van der Waals surface area contributed by atoms with Crippen LogP contribution in [0.1, 0.15) is 40.7 Å². The van der Waals surface area contributed by atoms with Gasteiger partial charge in [0.1, 0.15) is 9.71 Å². The zero-order valence-electron chi connectivity index (χ0n) is 12.6. The van der Waals surface area contributed by atoms with Gasteiger partial charge in [0, 0.05) is 16.6 Å². The molecule has 2 heterocycles. The second-order valence-electron chi connectivity index (χ2n) is 5.55. The molecule has 2 aromatic heterocycles. The topological polar surface area (TPSA) is 56.0 Å². The lowest BCUT2D eigenvalue weighted by Crippen LogP contribution is -2.02. The molecular weight excluding hydrogens is 351 g/mol. The van der Waals surface area contributed by atoms with Crippen molar-refractivity contribution in [1.29, 1.82) is 0 Å². The van der Waals surface area contributed by atoms with Crippen molar-refractivity contribution in [3.8, 4) is 0 Å². The molecule has 0 radical (unpaired) electrons. The third kappa shape index (κ3) is 2.94. The number of thiophene rings is 1. The molecule has 2 N–H and O–H groups in total. The highest BCUT2D eigenvalue weighted by Crippen LogP contribution is 2.35. The molecule has 0 atom stereocenters. The normalized spacial score (nSPS) is 11.3. The molecular formula is C17H14Cl2N2OS. The number of hydrogen-bond donors (Lipinski definition) is 1. The van der Waals surface area contributed by atoms with Gasteiger partial charge in [-0.15, -0.1) is 11.3 Å². The van der Waals surface area contributed by atoms with Crippen molar-refractivity contribution >= 4 is 56.2 Å². The number of aromatic nitrogens is 1. The zero-order valence-corrected chi connectivity index (χ0v) is 14.9. The Bertz CT molecular complexity index is 918. The zero-order chi connectivity index (χ0) is 16.7. The molecule has 6 heteroatoms. The molecule has 0 saturated heterocycles. The molecule has 3 rings (SSSR count). The van der Waals surface area contributed by atoms with E-state index in [-0.39, 0.29) is 5.78 Å². The van der Waals surface area contributed by atoms with Gasteiger partial charge in [0.15, 0.2) is 0 Å². The minimum Gasteiger partial charge on any atom is -0.397 e. The van der Waals surface area contributed by atoms with E-state index in [1.807, 2.05) is 12.1 Å². The van der Waals surface area contributed by atoms with Crippen molar-refractivity contribution in [3.63, 3.8) is 0 Å². The number of nitrogens with two attached hydrogens (primary N) is 1. The maximum Gasteiger partial charge on any atom is 0.205 e. The number of nitrogen functional groups attached to an aromatic ring is 1. The van der Waals surface area contributed by atoms with E-state index in [1.165, 1.54) is 11.3 Å². The van der Waals surface area contributed by atoms with E-state index in [9.17, 15) is 4.79 Å². The first-order valence-corrected chi connectivity index (χ1v) is 8.64. The number of carbonyl (C=O) groups is 1. The predicted molar refractivity (Wildman–Crippen MR) is 98.0 cm³/mol. The SMILES string of the molecule is CC(C)c1ccc2c(N)c(C(=O)c3ccc(Cl)c(Cl)c3)sc2n1. The van der Waals surface area contributed by atoms with Crippen molar-refractivity contribution in [2.45, 2.75) is 19.8 Å². The summed E-state index contributed by atoms with van der Waals surface area (Å²) in [5.74, 6) is 0.145. The highest BCUT2D eigenvalue weighted by Gasteiger charge is 2.20. The van der Waals surface area contributed by atoms with Crippen molar-refractivity contribution in [1.82, 2.24) is 4.98 Å². The summed E-state index contributed by atoms with van der Waals surface area (Å²) >= 11 is 13.2. The Morgan fingerprint density at radius 1 is 1.17 bits per heavy atom. The summed E-state index contributed by atoms with van der Waals surface area (Å²) in [6.07, 6.45) is 0. The number of fused-ring (bicyclic) bond motifs is 1. The first kappa shape index (κ1) is 16.2. The summed E-state index contributed by atoms with van der Waals surface area (Å²) in [6, 6.07) is 8.69. The van der Waals surface area contributed by atoms with E-state index in [0.717, 1.165) is 15.9 Å². The van der Waals surface area contributed by atoms with Gasteiger partial charge in [0.05, 0.1) is 15.7 Å². The number of benzene rings is 1. The molecule has 0 fully saturated rings. The van der Waals surface area contributed by atoms with Crippen LogP contribution in [0.3, 0.4) is 0 Å².